The van der Waals surface area contributed by atoms with Crippen LogP contribution in [0, 0.1) is 43.8 Å². The largest absolute Gasteiger partial charge is 0.344 e. The van der Waals surface area contributed by atoms with Crippen molar-refractivity contribution in [2.24, 2.45) is 43.8 Å². The fourth-order valence-corrected chi connectivity index (χ4v) is 13.2. The Balaban J connectivity index is 1.27. The van der Waals surface area contributed by atoms with E-state index in [0.29, 0.717) is 32.2 Å². The summed E-state index contributed by atoms with van der Waals surface area (Å²) in [6.45, 7) is 25.5. The molecule has 0 bridgehead atoms. The standard InChI is InChI=1S/C44H72N4O7S/c1-27(2)47-21-14-13-16-30(47)35(51)45-34(39(6,7)8)32(49)22-29(38(3,4)5)36(52)48-26-44(41(11,12)43(44)19-15-20-43)23-31(48)33(50)24-42(25-40(42,9)10)37(53)46-56(54,55)28-17-18-28/h27-31,34H,13-26H2,1-12H3,(H,45,51)(H,46,53)/t29-,30+,31?,34-,42?,44-/m1/s1. The van der Waals surface area contributed by atoms with Crippen molar-refractivity contribution in [3.8, 4) is 0 Å². The summed E-state index contributed by atoms with van der Waals surface area (Å²) in [5.41, 5.74) is -3.32. The van der Waals surface area contributed by atoms with Gasteiger partial charge in [-0.25, -0.2) is 8.42 Å². The highest BCUT2D eigenvalue weighted by Gasteiger charge is 2.85. The number of hydrogen-bond donors (Lipinski definition) is 2. The van der Waals surface area contributed by atoms with E-state index in [4.69, 9.17) is 0 Å². The van der Waals surface area contributed by atoms with Gasteiger partial charge in [-0.15, -0.1) is 0 Å². The number of carbonyl (C=O) groups excluding carboxylic acids is 5. The van der Waals surface area contributed by atoms with Gasteiger partial charge < -0.3 is 10.2 Å². The molecule has 2 unspecified atom stereocenters. The second kappa shape index (κ2) is 13.9. The highest BCUT2D eigenvalue weighted by Crippen LogP contribution is 2.88. The quantitative estimate of drug-likeness (QED) is 0.224. The summed E-state index contributed by atoms with van der Waals surface area (Å²) in [5, 5.41) is 2.59. The molecule has 6 atom stereocenters. The first-order valence-corrected chi connectivity index (χ1v) is 23.1. The molecule has 0 aromatic heterocycles. The van der Waals surface area contributed by atoms with Gasteiger partial charge in [0.25, 0.3) is 0 Å². The number of ketones is 2. The summed E-state index contributed by atoms with van der Waals surface area (Å²) in [6.07, 6.45) is 7.63. The predicted molar refractivity (Wildman–Crippen MR) is 217 cm³/mol. The van der Waals surface area contributed by atoms with Crippen LogP contribution in [0.2, 0.25) is 0 Å². The molecule has 6 aliphatic rings. The smallest absolute Gasteiger partial charge is 0.240 e. The van der Waals surface area contributed by atoms with Crippen LogP contribution in [-0.2, 0) is 34.0 Å². The lowest BCUT2D eigenvalue weighted by Crippen LogP contribution is -2.58. The van der Waals surface area contributed by atoms with E-state index < -0.39 is 60.8 Å². The van der Waals surface area contributed by atoms with E-state index in [0.717, 1.165) is 45.1 Å². The van der Waals surface area contributed by atoms with Crippen molar-refractivity contribution in [2.75, 3.05) is 13.1 Å². The van der Waals surface area contributed by atoms with Crippen LogP contribution in [0.3, 0.4) is 0 Å². The van der Waals surface area contributed by atoms with Crippen molar-refractivity contribution in [2.45, 2.75) is 190 Å². The summed E-state index contributed by atoms with van der Waals surface area (Å²) in [4.78, 5) is 76.3. The zero-order valence-electron chi connectivity index (χ0n) is 36.5. The van der Waals surface area contributed by atoms with Crippen molar-refractivity contribution >= 4 is 39.3 Å². The molecule has 3 amide bonds. The number of carbonyl (C=O) groups is 5. The number of amides is 3. The second-order valence-electron chi connectivity index (χ2n) is 22.5. The van der Waals surface area contributed by atoms with Crippen LogP contribution < -0.4 is 10.0 Å². The molecule has 2 heterocycles. The molecule has 2 N–H and O–H groups in total. The highest BCUT2D eigenvalue weighted by atomic mass is 32.2. The maximum atomic E-state index is 15.2. The van der Waals surface area contributed by atoms with E-state index in [2.05, 4.69) is 42.6 Å². The number of likely N-dealkylation sites (tertiary alicyclic amines) is 2. The van der Waals surface area contributed by atoms with Crippen LogP contribution in [0.1, 0.15) is 160 Å². The lowest BCUT2D eigenvalue weighted by molar-refractivity contribution is -0.147. The third-order valence-electron chi connectivity index (χ3n) is 16.2. The fraction of sp³-hybridized carbons (Fsp3) is 0.886. The molecular weight excluding hydrogens is 729 g/mol. The average Bonchev–Trinajstić information content (AvgIpc) is 3.99. The number of piperidine rings is 1. The first-order chi connectivity index (χ1) is 25.6. The Labute approximate surface area is 337 Å². The minimum Gasteiger partial charge on any atom is -0.344 e. The molecule has 316 valence electrons. The van der Waals surface area contributed by atoms with E-state index in [-0.39, 0.29) is 64.6 Å². The normalized spacial score (nSPS) is 31.8. The number of sulfonamides is 1. The van der Waals surface area contributed by atoms with Crippen molar-refractivity contribution < 1.29 is 32.4 Å². The molecule has 0 aromatic carbocycles. The van der Waals surface area contributed by atoms with E-state index in [9.17, 15) is 27.6 Å². The van der Waals surface area contributed by atoms with Gasteiger partial charge in [0.1, 0.15) is 0 Å². The van der Waals surface area contributed by atoms with E-state index >= 15 is 4.79 Å². The third-order valence-corrected chi connectivity index (χ3v) is 18.0. The molecule has 11 nitrogen and oxygen atoms in total. The summed E-state index contributed by atoms with van der Waals surface area (Å²) >= 11 is 0. The van der Waals surface area contributed by atoms with Gasteiger partial charge in [-0.3, -0.25) is 33.6 Å². The molecule has 6 rings (SSSR count). The molecule has 2 saturated heterocycles. The summed E-state index contributed by atoms with van der Waals surface area (Å²) in [7, 11) is -3.81. The number of fused-ring (bicyclic) bond motifs is 1. The molecule has 6 fully saturated rings. The van der Waals surface area contributed by atoms with E-state index in [1.165, 1.54) is 0 Å². The number of hydrogen-bond acceptors (Lipinski definition) is 8. The van der Waals surface area contributed by atoms with Gasteiger partial charge in [0.15, 0.2) is 11.6 Å². The maximum absolute atomic E-state index is 15.2. The Morgan fingerprint density at radius 1 is 0.821 bits per heavy atom. The first kappa shape index (κ1) is 43.2. The van der Waals surface area contributed by atoms with Crippen LogP contribution in [0.25, 0.3) is 0 Å². The highest BCUT2D eigenvalue weighted by molar-refractivity contribution is 7.90. The Kier molecular flexibility index (Phi) is 10.7. The van der Waals surface area contributed by atoms with Crippen molar-refractivity contribution in [1.82, 2.24) is 19.8 Å². The monoisotopic (exact) mass is 801 g/mol. The SMILES string of the molecule is CC(C)N1CCCC[C@H]1C(=O)N[C@H](C(=O)C[C@H](C(=O)N1C[C@]2(CC1C(=O)CC1(C(=O)NS(=O)(=O)C3CC3)CC1(C)C)C(C)(C)C21CCC1)C(C)(C)C)C(C)(C)C. The van der Waals surface area contributed by atoms with Crippen LogP contribution in [0.5, 0.6) is 0 Å². The minimum atomic E-state index is -3.81. The molecule has 4 aliphatic carbocycles. The Hall–Kier alpha value is -2.34. The van der Waals surface area contributed by atoms with Gasteiger partial charge in [-0.1, -0.05) is 82.1 Å². The van der Waals surface area contributed by atoms with Crippen LogP contribution in [0.4, 0.5) is 0 Å². The molecule has 0 radical (unpaired) electrons. The van der Waals surface area contributed by atoms with Gasteiger partial charge in [0, 0.05) is 36.8 Å². The van der Waals surface area contributed by atoms with Gasteiger partial charge in [0.05, 0.1) is 28.8 Å². The molecular formula is C44H72N4O7S. The molecule has 12 heteroatoms. The minimum absolute atomic E-state index is 0.0392. The topological polar surface area (TPSA) is 150 Å². The van der Waals surface area contributed by atoms with E-state index in [1.54, 1.807) is 4.90 Å². The molecule has 56 heavy (non-hydrogen) atoms. The van der Waals surface area contributed by atoms with Gasteiger partial charge in [-0.05, 0) is 98.8 Å². The maximum Gasteiger partial charge on any atom is 0.240 e. The number of Topliss-reactive ketones (excluding diaryl/α,β-unsaturated/α-hetero) is 2. The molecule has 2 aliphatic heterocycles. The Morgan fingerprint density at radius 3 is 1.89 bits per heavy atom. The van der Waals surface area contributed by atoms with Crippen LogP contribution >= 0.6 is 0 Å². The van der Waals surface area contributed by atoms with Crippen molar-refractivity contribution in [1.29, 1.82) is 0 Å². The summed E-state index contributed by atoms with van der Waals surface area (Å²) in [6, 6.07) is -1.72. The van der Waals surface area contributed by atoms with Gasteiger partial charge in [0.2, 0.25) is 27.7 Å². The average molecular weight is 801 g/mol. The first-order valence-electron chi connectivity index (χ1n) is 21.6. The predicted octanol–water partition coefficient (Wildman–Crippen LogP) is 6.18. The zero-order valence-corrected chi connectivity index (χ0v) is 37.3. The van der Waals surface area contributed by atoms with Crippen LogP contribution in [-0.4, -0.2) is 90.0 Å². The lowest BCUT2D eigenvalue weighted by Gasteiger charge is -2.40. The molecule has 2 spiro atoms. The third kappa shape index (κ3) is 7.00. The second-order valence-corrected chi connectivity index (χ2v) is 24.5. The van der Waals surface area contributed by atoms with E-state index in [1.807, 2.05) is 55.4 Å². The fourth-order valence-electron chi connectivity index (χ4n) is 11.9. The van der Waals surface area contributed by atoms with Gasteiger partial charge >= 0.3 is 0 Å². The molecule has 4 saturated carbocycles. The summed E-state index contributed by atoms with van der Waals surface area (Å²) < 4.78 is 28.1. The van der Waals surface area contributed by atoms with Crippen molar-refractivity contribution in [3.05, 3.63) is 0 Å². The van der Waals surface area contributed by atoms with Gasteiger partial charge in [-0.2, -0.15) is 0 Å². The summed E-state index contributed by atoms with van der Waals surface area (Å²) in [5.74, 6) is -2.17. The molecule has 0 aromatic rings. The zero-order chi connectivity index (χ0) is 41.8. The Bertz CT molecular complexity index is 1750. The number of nitrogens with zero attached hydrogens (tertiary/aromatic N) is 2. The Morgan fingerprint density at radius 2 is 1.43 bits per heavy atom. The van der Waals surface area contributed by atoms with Crippen molar-refractivity contribution in [3.63, 3.8) is 0 Å². The van der Waals surface area contributed by atoms with Crippen LogP contribution in [0.15, 0.2) is 0 Å². The number of nitrogens with one attached hydrogen (secondary N) is 2. The number of rotatable bonds is 13. The lowest BCUT2D eigenvalue weighted by atomic mass is 9.73.